The van der Waals surface area contributed by atoms with E-state index in [1.807, 2.05) is 0 Å². The summed E-state index contributed by atoms with van der Waals surface area (Å²) in [5.41, 5.74) is -0.876. The van der Waals surface area contributed by atoms with Crippen LogP contribution in [-0.2, 0) is 15.0 Å². The molecule has 0 bridgehead atoms. The normalized spacial score (nSPS) is 16.9. The van der Waals surface area contributed by atoms with Crippen LogP contribution in [0, 0.1) is 11.3 Å². The highest BCUT2D eigenvalue weighted by molar-refractivity contribution is 5.97. The number of carbonyl (C=O) groups is 2. The summed E-state index contributed by atoms with van der Waals surface area (Å²) < 4.78 is 5.25. The molecule has 0 aliphatic carbocycles. The van der Waals surface area contributed by atoms with E-state index in [4.69, 9.17) is 10.00 Å². The number of carboxylic acids is 1. The number of anilines is 1. The summed E-state index contributed by atoms with van der Waals surface area (Å²) in [6.45, 7) is 1.28. The van der Waals surface area contributed by atoms with Gasteiger partial charge in [0, 0.05) is 7.05 Å². The molecular weight excluding hydrogens is 248 g/mol. The molecule has 1 atom stereocenters. The Kier molecular flexibility index (Phi) is 2.91. The summed E-state index contributed by atoms with van der Waals surface area (Å²) >= 11 is 0. The van der Waals surface area contributed by atoms with Gasteiger partial charge in [-0.05, 0) is 24.6 Å². The smallest absolute Gasteiger partial charge is 0.328 e. The molecule has 1 unspecified atom stereocenters. The van der Waals surface area contributed by atoms with Crippen LogP contribution in [0.5, 0.6) is 5.75 Å². The van der Waals surface area contributed by atoms with Gasteiger partial charge in [0.1, 0.15) is 5.75 Å². The first-order valence-corrected chi connectivity index (χ1v) is 5.58. The van der Waals surface area contributed by atoms with E-state index >= 15 is 0 Å². The van der Waals surface area contributed by atoms with E-state index in [9.17, 15) is 14.7 Å². The van der Waals surface area contributed by atoms with E-state index < -0.39 is 11.4 Å². The molecule has 6 nitrogen and oxygen atoms in total. The Labute approximate surface area is 109 Å². The minimum Gasteiger partial charge on any atom is -0.482 e. The third-order valence-electron chi connectivity index (χ3n) is 3.27. The molecule has 6 heteroatoms. The second kappa shape index (κ2) is 4.28. The summed E-state index contributed by atoms with van der Waals surface area (Å²) in [6.07, 6.45) is 0. The molecule has 0 radical (unpaired) electrons. The molecule has 1 amide bonds. The van der Waals surface area contributed by atoms with Gasteiger partial charge in [-0.25, -0.2) is 0 Å². The number of hydrogen-bond acceptors (Lipinski definition) is 4. The molecule has 2 rings (SSSR count). The molecule has 1 aliphatic heterocycles. The van der Waals surface area contributed by atoms with E-state index in [-0.39, 0.29) is 12.5 Å². The van der Waals surface area contributed by atoms with Gasteiger partial charge in [-0.3, -0.25) is 9.59 Å². The second-order valence-corrected chi connectivity index (χ2v) is 4.47. The first kappa shape index (κ1) is 12.9. The Hall–Kier alpha value is -2.55. The molecule has 0 saturated heterocycles. The lowest BCUT2D eigenvalue weighted by Crippen LogP contribution is -2.36. The van der Waals surface area contributed by atoms with Crippen LogP contribution in [0.2, 0.25) is 0 Å². The van der Waals surface area contributed by atoms with Crippen LogP contribution in [0.4, 0.5) is 5.69 Å². The van der Waals surface area contributed by atoms with Gasteiger partial charge in [-0.15, -0.1) is 0 Å². The molecule has 1 N–H and O–H groups in total. The third-order valence-corrected chi connectivity index (χ3v) is 3.27. The standard InChI is InChI=1S/C13H12N2O4/c1-13(7-14,12(17)18)8-3-4-10-9(5-8)15(2)11(16)6-19-10/h3-5H,6H2,1-2H3,(H,17,18). The van der Waals surface area contributed by atoms with Crippen LogP contribution in [-0.4, -0.2) is 30.6 Å². The van der Waals surface area contributed by atoms with Crippen molar-refractivity contribution >= 4 is 17.6 Å². The van der Waals surface area contributed by atoms with E-state index in [1.165, 1.54) is 24.0 Å². The topological polar surface area (TPSA) is 90.6 Å². The molecule has 98 valence electrons. The maximum Gasteiger partial charge on any atom is 0.328 e. The van der Waals surface area contributed by atoms with Crippen molar-refractivity contribution in [2.24, 2.45) is 0 Å². The van der Waals surface area contributed by atoms with Gasteiger partial charge in [0.25, 0.3) is 5.91 Å². The molecule has 1 aliphatic rings. The van der Waals surface area contributed by atoms with Crippen molar-refractivity contribution in [3.63, 3.8) is 0 Å². The van der Waals surface area contributed by atoms with Gasteiger partial charge < -0.3 is 14.7 Å². The Morgan fingerprint density at radius 1 is 1.58 bits per heavy atom. The lowest BCUT2D eigenvalue weighted by Gasteiger charge is -2.27. The zero-order valence-corrected chi connectivity index (χ0v) is 10.5. The largest absolute Gasteiger partial charge is 0.482 e. The van der Waals surface area contributed by atoms with Crippen molar-refractivity contribution < 1.29 is 19.4 Å². The van der Waals surface area contributed by atoms with E-state index in [0.29, 0.717) is 17.0 Å². The Morgan fingerprint density at radius 3 is 2.84 bits per heavy atom. The van der Waals surface area contributed by atoms with Crippen LogP contribution in [0.25, 0.3) is 0 Å². The number of fused-ring (bicyclic) bond motifs is 1. The maximum atomic E-state index is 11.5. The van der Waals surface area contributed by atoms with E-state index in [2.05, 4.69) is 0 Å². The number of rotatable bonds is 2. The minimum atomic E-state index is -1.66. The summed E-state index contributed by atoms with van der Waals surface area (Å²) in [5, 5.41) is 18.3. The highest BCUT2D eigenvalue weighted by Gasteiger charge is 2.37. The quantitative estimate of drug-likeness (QED) is 0.853. The fourth-order valence-electron chi connectivity index (χ4n) is 1.82. The first-order valence-electron chi connectivity index (χ1n) is 5.58. The summed E-state index contributed by atoms with van der Waals surface area (Å²) in [6, 6.07) is 6.39. The molecule has 1 aromatic carbocycles. The fourth-order valence-corrected chi connectivity index (χ4v) is 1.82. The zero-order chi connectivity index (χ0) is 14.2. The van der Waals surface area contributed by atoms with Gasteiger partial charge in [0.15, 0.2) is 12.0 Å². The lowest BCUT2D eigenvalue weighted by atomic mass is 9.83. The summed E-state index contributed by atoms with van der Waals surface area (Å²) in [5.74, 6) is -0.962. The monoisotopic (exact) mass is 260 g/mol. The average molecular weight is 260 g/mol. The maximum absolute atomic E-state index is 11.5. The number of benzene rings is 1. The lowest BCUT2D eigenvalue weighted by molar-refractivity contribution is -0.141. The fraction of sp³-hybridized carbons (Fsp3) is 0.308. The number of hydrogen-bond donors (Lipinski definition) is 1. The number of amides is 1. The van der Waals surface area contributed by atoms with Gasteiger partial charge in [-0.2, -0.15) is 5.26 Å². The number of nitriles is 1. The van der Waals surface area contributed by atoms with Crippen LogP contribution in [0.3, 0.4) is 0 Å². The number of carbonyl (C=O) groups excluding carboxylic acids is 1. The van der Waals surface area contributed by atoms with Crippen molar-refractivity contribution in [2.45, 2.75) is 12.3 Å². The van der Waals surface area contributed by atoms with E-state index in [0.717, 1.165) is 0 Å². The number of nitrogens with zero attached hydrogens (tertiary/aromatic N) is 2. The number of ether oxygens (including phenoxy) is 1. The molecule has 0 saturated carbocycles. The SMILES string of the molecule is CN1C(=O)COc2ccc(C(C)(C#N)C(=O)O)cc21. The number of likely N-dealkylation sites (N-methyl/N-ethyl adjacent to an activating group) is 1. The van der Waals surface area contributed by atoms with Crippen LogP contribution >= 0.6 is 0 Å². The molecule has 0 aromatic heterocycles. The Morgan fingerprint density at radius 2 is 2.26 bits per heavy atom. The number of carboxylic acid groups (broad SMARTS) is 1. The Balaban J connectivity index is 2.55. The predicted molar refractivity (Wildman–Crippen MR) is 65.9 cm³/mol. The van der Waals surface area contributed by atoms with Crippen molar-refractivity contribution in [1.29, 1.82) is 5.26 Å². The van der Waals surface area contributed by atoms with Crippen molar-refractivity contribution in [3.05, 3.63) is 23.8 Å². The van der Waals surface area contributed by atoms with Crippen LogP contribution in [0.1, 0.15) is 12.5 Å². The van der Waals surface area contributed by atoms with Gasteiger partial charge >= 0.3 is 5.97 Å². The predicted octanol–water partition coefficient (Wildman–Crippen LogP) is 0.908. The first-order chi connectivity index (χ1) is 8.90. The highest BCUT2D eigenvalue weighted by Crippen LogP contribution is 2.35. The van der Waals surface area contributed by atoms with E-state index in [1.54, 1.807) is 19.2 Å². The van der Waals surface area contributed by atoms with Crippen LogP contribution in [0.15, 0.2) is 18.2 Å². The van der Waals surface area contributed by atoms with Crippen LogP contribution < -0.4 is 9.64 Å². The third kappa shape index (κ3) is 1.89. The van der Waals surface area contributed by atoms with Crippen molar-refractivity contribution in [3.8, 4) is 11.8 Å². The molecule has 1 aromatic rings. The van der Waals surface area contributed by atoms with Crippen molar-refractivity contribution in [1.82, 2.24) is 0 Å². The molecule has 0 spiro atoms. The number of aliphatic carboxylic acids is 1. The molecular formula is C13H12N2O4. The van der Waals surface area contributed by atoms with Gasteiger partial charge in [0.05, 0.1) is 11.8 Å². The average Bonchev–Trinajstić information content (AvgIpc) is 2.41. The summed E-state index contributed by atoms with van der Waals surface area (Å²) in [7, 11) is 1.58. The molecule has 1 heterocycles. The summed E-state index contributed by atoms with van der Waals surface area (Å²) in [4.78, 5) is 24.2. The molecule has 0 fully saturated rings. The highest BCUT2D eigenvalue weighted by atomic mass is 16.5. The molecule has 19 heavy (non-hydrogen) atoms. The van der Waals surface area contributed by atoms with Crippen molar-refractivity contribution in [2.75, 3.05) is 18.6 Å². The Bertz CT molecular complexity index is 605. The van der Waals surface area contributed by atoms with Gasteiger partial charge in [0.2, 0.25) is 0 Å². The van der Waals surface area contributed by atoms with Gasteiger partial charge in [-0.1, -0.05) is 6.07 Å². The minimum absolute atomic E-state index is 0.0444. The zero-order valence-electron chi connectivity index (χ0n) is 10.5. The second-order valence-electron chi connectivity index (χ2n) is 4.47.